The molecule has 0 aliphatic rings. The van der Waals surface area contributed by atoms with Crippen molar-refractivity contribution in [2.24, 2.45) is 0 Å². The normalized spacial score (nSPS) is 9.92. The van der Waals surface area contributed by atoms with Crippen LogP contribution in [0.2, 0.25) is 0 Å². The predicted octanol–water partition coefficient (Wildman–Crippen LogP) is -0.339. The topological polar surface area (TPSA) is 80.9 Å². The van der Waals surface area contributed by atoms with Crippen LogP contribution in [-0.4, -0.2) is 27.5 Å². The minimum Gasteiger partial charge on any atom is -0.492 e. The third-order valence-electron chi connectivity index (χ3n) is 1.19. The van der Waals surface area contributed by atoms with Crippen LogP contribution in [0.4, 0.5) is 0 Å². The summed E-state index contributed by atoms with van der Waals surface area (Å²) in [7, 11) is 1.87. The van der Waals surface area contributed by atoms with Crippen molar-refractivity contribution in [3.05, 3.63) is 12.1 Å². The summed E-state index contributed by atoms with van der Waals surface area (Å²) in [5.41, 5.74) is 0. The molecule has 0 aliphatic heterocycles. The summed E-state index contributed by atoms with van der Waals surface area (Å²) >= 11 is 0. The monoisotopic (exact) mass is 205 g/mol. The number of carbonyl (C=O) groups excluding carboxylic acids is 1. The summed E-state index contributed by atoms with van der Waals surface area (Å²) in [5, 5.41) is 18.1. The number of aromatic hydroxyl groups is 2. The summed E-state index contributed by atoms with van der Waals surface area (Å²) in [4.78, 5) is 15.3. The Labute approximate surface area is 75.9 Å². The first-order chi connectivity index (χ1) is 6.15. The molecule has 0 saturated heterocycles. The molecule has 13 heavy (non-hydrogen) atoms. The number of rotatable bonds is 3. The second kappa shape index (κ2) is 4.11. The van der Waals surface area contributed by atoms with Gasteiger partial charge in [0.1, 0.15) is 0 Å². The fourth-order valence-electron chi connectivity index (χ4n) is 0.692. The second-order valence-corrected chi connectivity index (χ2v) is 2.45. The number of nitrogens with zero attached hydrogens (tertiary/aromatic N) is 1. The maximum atomic E-state index is 10.8. The molecule has 0 spiro atoms. The van der Waals surface area contributed by atoms with Gasteiger partial charge in [-0.1, -0.05) is 0 Å². The first-order valence-electron chi connectivity index (χ1n) is 3.27. The Hall–Kier alpha value is -1.26. The molecule has 1 aromatic rings. The molecule has 0 fully saturated rings. The van der Waals surface area contributed by atoms with Crippen molar-refractivity contribution >= 4 is 15.4 Å². The first-order valence-corrected chi connectivity index (χ1v) is 3.75. The van der Waals surface area contributed by atoms with Gasteiger partial charge in [-0.2, -0.15) is 0 Å². The van der Waals surface area contributed by atoms with E-state index < -0.39 is 5.97 Å². The molecular weight excluding hydrogens is 197 g/mol. The van der Waals surface area contributed by atoms with E-state index in [1.807, 2.05) is 9.47 Å². The number of hydrogen-bond donors (Lipinski definition) is 2. The van der Waals surface area contributed by atoms with Gasteiger partial charge in [0.2, 0.25) is 11.8 Å². The van der Waals surface area contributed by atoms with E-state index >= 15 is 0 Å². The Morgan fingerprint density at radius 2 is 2.00 bits per heavy atom. The van der Waals surface area contributed by atoms with E-state index in [4.69, 9.17) is 10.2 Å². The lowest BCUT2D eigenvalue weighted by molar-refractivity contribution is -0.147. The Bertz CT molecular complexity index is 290. The smallest absolute Gasteiger partial charge is 0.358 e. The third kappa shape index (κ3) is 2.34. The highest BCUT2D eigenvalue weighted by molar-refractivity contribution is 7.09. The van der Waals surface area contributed by atoms with Gasteiger partial charge in [-0.3, -0.25) is 0 Å². The fourth-order valence-corrected chi connectivity index (χ4v) is 0.828. The Morgan fingerprint density at radius 3 is 2.46 bits per heavy atom. The van der Waals surface area contributed by atoms with Gasteiger partial charge in [0.05, 0.1) is 0 Å². The predicted molar refractivity (Wildman–Crippen MR) is 45.0 cm³/mol. The average molecular weight is 205 g/mol. The zero-order valence-electron chi connectivity index (χ0n) is 6.51. The molecular formula is C6H8NO5P. The quantitative estimate of drug-likeness (QED) is 0.660. The first kappa shape index (κ1) is 9.83. The average Bonchev–Trinajstić information content (AvgIpc) is 2.36. The molecule has 72 valence electrons. The molecule has 6 nitrogen and oxygen atoms in total. The zero-order chi connectivity index (χ0) is 9.84. The van der Waals surface area contributed by atoms with Crippen molar-refractivity contribution in [1.29, 1.82) is 0 Å². The molecule has 0 amide bonds. The fraction of sp³-hybridized carbons (Fsp3) is 0.167. The van der Waals surface area contributed by atoms with Gasteiger partial charge < -0.3 is 19.6 Å². The summed E-state index contributed by atoms with van der Waals surface area (Å²) in [6.07, 6.45) is 0. The molecule has 2 N–H and O–H groups in total. The highest BCUT2D eigenvalue weighted by atomic mass is 31.0. The van der Waals surface area contributed by atoms with Crippen molar-refractivity contribution in [2.45, 2.75) is 0 Å². The lowest BCUT2D eigenvalue weighted by atomic mass is 10.6. The van der Waals surface area contributed by atoms with Gasteiger partial charge >= 0.3 is 5.97 Å². The van der Waals surface area contributed by atoms with Crippen molar-refractivity contribution < 1.29 is 24.4 Å². The minimum atomic E-state index is -0.739. The van der Waals surface area contributed by atoms with Crippen LogP contribution in [0.1, 0.15) is 0 Å². The highest BCUT2D eigenvalue weighted by Gasteiger charge is 2.11. The summed E-state index contributed by atoms with van der Waals surface area (Å²) in [6.45, 7) is -0.290. The van der Waals surface area contributed by atoms with Crippen molar-refractivity contribution in [1.82, 2.24) is 4.73 Å². The Balaban J connectivity index is 2.68. The third-order valence-corrected chi connectivity index (χ3v) is 1.36. The molecule has 1 aromatic heterocycles. The molecule has 1 heterocycles. The largest absolute Gasteiger partial charge is 0.492 e. The Kier molecular flexibility index (Phi) is 3.11. The SMILES string of the molecule is O=C(COP)On1c(O)ccc1O. The van der Waals surface area contributed by atoms with Crippen molar-refractivity contribution in [3.63, 3.8) is 0 Å². The van der Waals surface area contributed by atoms with Gasteiger partial charge in [-0.15, -0.1) is 4.73 Å². The molecule has 0 saturated carbocycles. The molecule has 0 aromatic carbocycles. The van der Waals surface area contributed by atoms with Crippen molar-refractivity contribution in [2.75, 3.05) is 6.61 Å². The van der Waals surface area contributed by atoms with E-state index in [-0.39, 0.29) is 18.4 Å². The van der Waals surface area contributed by atoms with E-state index in [2.05, 4.69) is 9.36 Å². The van der Waals surface area contributed by atoms with Crippen molar-refractivity contribution in [3.8, 4) is 11.8 Å². The maximum Gasteiger partial charge on any atom is 0.358 e. The van der Waals surface area contributed by atoms with Gasteiger partial charge in [-0.25, -0.2) is 4.79 Å². The standard InChI is InChI=1S/C6H8NO5P/c8-4-1-2-5(9)7(4)12-6(10)3-11-13/h1-2,8-9H,3,13H2. The molecule has 0 aliphatic carbocycles. The van der Waals surface area contributed by atoms with Crippen LogP contribution in [0.3, 0.4) is 0 Å². The van der Waals surface area contributed by atoms with E-state index in [1.165, 1.54) is 12.1 Å². The minimum absolute atomic E-state index is 0.290. The summed E-state index contributed by atoms with van der Waals surface area (Å²) in [6, 6.07) is 2.37. The molecule has 7 heteroatoms. The van der Waals surface area contributed by atoms with Crippen LogP contribution >= 0.6 is 9.47 Å². The van der Waals surface area contributed by atoms with Crippen LogP contribution < -0.4 is 4.84 Å². The molecule has 0 radical (unpaired) electrons. The second-order valence-electron chi connectivity index (χ2n) is 2.12. The number of carbonyl (C=O) groups is 1. The summed E-state index contributed by atoms with van der Waals surface area (Å²) in [5.74, 6) is -1.47. The maximum absolute atomic E-state index is 10.8. The summed E-state index contributed by atoms with van der Waals surface area (Å²) < 4.78 is 4.99. The molecule has 0 bridgehead atoms. The van der Waals surface area contributed by atoms with Gasteiger partial charge in [0, 0.05) is 21.6 Å². The van der Waals surface area contributed by atoms with Gasteiger partial charge in [-0.05, 0) is 0 Å². The van der Waals surface area contributed by atoms with E-state index in [0.29, 0.717) is 4.73 Å². The van der Waals surface area contributed by atoms with Crippen LogP contribution in [0.15, 0.2) is 12.1 Å². The molecule has 1 rings (SSSR count). The van der Waals surface area contributed by atoms with Gasteiger partial charge in [0.15, 0.2) is 6.61 Å². The van der Waals surface area contributed by atoms with Crippen LogP contribution in [0, 0.1) is 0 Å². The molecule has 1 unspecified atom stereocenters. The zero-order valence-corrected chi connectivity index (χ0v) is 7.66. The lowest BCUT2D eigenvalue weighted by Crippen LogP contribution is -2.22. The number of hydrogen-bond acceptors (Lipinski definition) is 5. The lowest BCUT2D eigenvalue weighted by Gasteiger charge is -2.05. The van der Waals surface area contributed by atoms with Crippen LogP contribution in [0.5, 0.6) is 11.8 Å². The van der Waals surface area contributed by atoms with Gasteiger partial charge in [0.25, 0.3) is 0 Å². The van der Waals surface area contributed by atoms with E-state index in [1.54, 1.807) is 0 Å². The van der Waals surface area contributed by atoms with Crippen LogP contribution in [0.25, 0.3) is 0 Å². The van der Waals surface area contributed by atoms with E-state index in [9.17, 15) is 4.79 Å². The van der Waals surface area contributed by atoms with Crippen LogP contribution in [-0.2, 0) is 9.32 Å². The highest BCUT2D eigenvalue weighted by Crippen LogP contribution is 2.18. The Morgan fingerprint density at radius 1 is 1.46 bits per heavy atom. The molecule has 1 atom stereocenters. The van der Waals surface area contributed by atoms with E-state index in [0.717, 1.165) is 0 Å². The number of aromatic nitrogens is 1.